The van der Waals surface area contributed by atoms with Gasteiger partial charge in [-0.25, -0.2) is 0 Å². The molecule has 1 aliphatic carbocycles. The number of hydrogen-bond acceptors (Lipinski definition) is 7. The van der Waals surface area contributed by atoms with Crippen molar-refractivity contribution in [3.63, 3.8) is 0 Å². The van der Waals surface area contributed by atoms with Crippen molar-refractivity contribution >= 4 is 29.0 Å². The Labute approximate surface area is 227 Å². The Hall–Kier alpha value is -4.37. The summed E-state index contributed by atoms with van der Waals surface area (Å²) in [7, 11) is 4.49. The molecule has 1 fully saturated rings. The summed E-state index contributed by atoms with van der Waals surface area (Å²) in [6, 6.07) is 20.5. The highest BCUT2D eigenvalue weighted by atomic mass is 16.5. The van der Waals surface area contributed by atoms with Crippen LogP contribution in [0.5, 0.6) is 17.2 Å². The lowest BCUT2D eigenvalue weighted by molar-refractivity contribution is -0.150. The molecule has 39 heavy (non-hydrogen) atoms. The Morgan fingerprint density at radius 2 is 1.31 bits per heavy atom. The van der Waals surface area contributed by atoms with Crippen molar-refractivity contribution in [3.05, 3.63) is 78.4 Å². The molecule has 0 radical (unpaired) electrons. The van der Waals surface area contributed by atoms with Gasteiger partial charge in [-0.05, 0) is 48.9 Å². The molecule has 0 bridgehead atoms. The van der Waals surface area contributed by atoms with E-state index in [1.165, 1.54) is 28.3 Å². The zero-order valence-electron chi connectivity index (χ0n) is 22.3. The molecule has 204 valence electrons. The van der Waals surface area contributed by atoms with Gasteiger partial charge in [0.05, 0.1) is 44.2 Å². The van der Waals surface area contributed by atoms with Crippen molar-refractivity contribution in [3.8, 4) is 17.2 Å². The van der Waals surface area contributed by atoms with E-state index in [9.17, 15) is 19.5 Å². The fourth-order valence-electron chi connectivity index (χ4n) is 5.23. The Kier molecular flexibility index (Phi) is 8.21. The van der Waals surface area contributed by atoms with Crippen molar-refractivity contribution in [2.75, 3.05) is 32.0 Å². The van der Waals surface area contributed by atoms with E-state index in [-0.39, 0.29) is 6.42 Å². The summed E-state index contributed by atoms with van der Waals surface area (Å²) in [5.41, 5.74) is -0.418. The van der Waals surface area contributed by atoms with Crippen LogP contribution in [0, 0.1) is 11.8 Å². The molecule has 3 aromatic carbocycles. The lowest BCUT2D eigenvalue weighted by atomic mass is 9.61. The molecule has 9 heteroatoms. The number of ketones is 1. The lowest BCUT2D eigenvalue weighted by Gasteiger charge is -2.44. The second-order valence-corrected chi connectivity index (χ2v) is 9.63. The number of methoxy groups -OCH3 is 3. The van der Waals surface area contributed by atoms with Crippen LogP contribution in [-0.2, 0) is 14.4 Å². The van der Waals surface area contributed by atoms with Gasteiger partial charge in [-0.2, -0.15) is 0 Å². The average Bonchev–Trinajstić information content (AvgIpc) is 2.92. The molecule has 3 N–H and O–H groups in total. The largest absolute Gasteiger partial charge is 0.497 e. The van der Waals surface area contributed by atoms with Crippen molar-refractivity contribution < 1.29 is 33.7 Å². The number of rotatable bonds is 8. The first-order valence-corrected chi connectivity index (χ1v) is 12.5. The number of ether oxygens (including phenoxy) is 3. The predicted octanol–water partition coefficient (Wildman–Crippen LogP) is 4.03. The summed E-state index contributed by atoms with van der Waals surface area (Å²) < 4.78 is 16.0. The molecular formula is C30H32N2O7. The van der Waals surface area contributed by atoms with Crippen LogP contribution < -0.4 is 24.8 Å². The fraction of sp³-hybridized carbons (Fsp3) is 0.300. The van der Waals surface area contributed by atoms with Gasteiger partial charge < -0.3 is 30.0 Å². The van der Waals surface area contributed by atoms with Gasteiger partial charge in [-0.15, -0.1) is 0 Å². The number of amides is 2. The van der Waals surface area contributed by atoms with Gasteiger partial charge in [-0.3, -0.25) is 14.4 Å². The van der Waals surface area contributed by atoms with Crippen LogP contribution in [0.25, 0.3) is 0 Å². The Morgan fingerprint density at radius 1 is 0.795 bits per heavy atom. The first-order chi connectivity index (χ1) is 18.7. The number of carbonyl (C=O) groups is 3. The smallest absolute Gasteiger partial charge is 0.235 e. The zero-order chi connectivity index (χ0) is 28.2. The Morgan fingerprint density at radius 3 is 1.82 bits per heavy atom. The number of benzene rings is 3. The van der Waals surface area contributed by atoms with E-state index < -0.39 is 41.0 Å². The molecule has 4 rings (SSSR count). The van der Waals surface area contributed by atoms with Crippen LogP contribution in [0.3, 0.4) is 0 Å². The third-order valence-corrected chi connectivity index (χ3v) is 7.06. The molecule has 1 aliphatic rings. The third-order valence-electron chi connectivity index (χ3n) is 7.06. The summed E-state index contributed by atoms with van der Waals surface area (Å²) >= 11 is 0. The van der Waals surface area contributed by atoms with Crippen LogP contribution in [0.2, 0.25) is 0 Å². The molecule has 0 unspecified atom stereocenters. The number of hydrogen-bond donors (Lipinski definition) is 3. The molecule has 3 aromatic rings. The van der Waals surface area contributed by atoms with Crippen molar-refractivity contribution in [1.82, 2.24) is 0 Å². The monoisotopic (exact) mass is 532 g/mol. The van der Waals surface area contributed by atoms with Gasteiger partial charge in [0.25, 0.3) is 0 Å². The van der Waals surface area contributed by atoms with Crippen LogP contribution in [0.1, 0.15) is 24.8 Å². The second-order valence-electron chi connectivity index (χ2n) is 9.63. The van der Waals surface area contributed by atoms with E-state index in [4.69, 9.17) is 14.2 Å². The number of para-hydroxylation sites is 4. The molecule has 1 saturated carbocycles. The zero-order valence-corrected chi connectivity index (χ0v) is 22.3. The number of anilines is 2. The van der Waals surface area contributed by atoms with Gasteiger partial charge in [-0.1, -0.05) is 36.4 Å². The molecule has 9 nitrogen and oxygen atoms in total. The minimum atomic E-state index is -1.74. The molecule has 0 aliphatic heterocycles. The van der Waals surface area contributed by atoms with Crippen LogP contribution in [0.15, 0.2) is 72.8 Å². The van der Waals surface area contributed by atoms with Crippen LogP contribution in [0.4, 0.5) is 11.4 Å². The van der Waals surface area contributed by atoms with Gasteiger partial charge in [0.1, 0.15) is 28.9 Å². The second kappa shape index (κ2) is 11.6. The maximum atomic E-state index is 13.9. The Balaban J connectivity index is 1.79. The summed E-state index contributed by atoms with van der Waals surface area (Å²) in [5.74, 6) is -3.62. The quantitative estimate of drug-likeness (QED) is 0.374. The number of carbonyl (C=O) groups excluding carboxylic acids is 3. The summed E-state index contributed by atoms with van der Waals surface area (Å²) in [6.07, 6.45) is -0.381. The molecular weight excluding hydrogens is 500 g/mol. The van der Waals surface area contributed by atoms with Crippen molar-refractivity contribution in [2.45, 2.75) is 24.9 Å². The summed E-state index contributed by atoms with van der Waals surface area (Å²) in [6.45, 7) is 1.45. The van der Waals surface area contributed by atoms with Gasteiger partial charge >= 0.3 is 0 Å². The van der Waals surface area contributed by atoms with Crippen molar-refractivity contribution in [2.24, 2.45) is 11.8 Å². The minimum Gasteiger partial charge on any atom is -0.497 e. The van der Waals surface area contributed by atoms with Crippen LogP contribution >= 0.6 is 0 Å². The molecule has 0 saturated heterocycles. The van der Waals surface area contributed by atoms with Crippen molar-refractivity contribution in [1.29, 1.82) is 0 Å². The number of nitrogens with one attached hydrogen (secondary N) is 2. The van der Waals surface area contributed by atoms with Gasteiger partial charge in [0.2, 0.25) is 11.8 Å². The van der Waals surface area contributed by atoms with Gasteiger partial charge in [0, 0.05) is 12.3 Å². The standard InChI is InChI=1S/C30H32N2O7/c1-30(36)17-22(33)26(28(34)31-20-9-5-7-11-23(20)38-3)25(18-13-15-19(37-2)16-14-18)27(30)29(35)32-21-10-6-8-12-24(21)39-4/h5-16,25-27,36H,17H2,1-4H3,(H,31,34)(H,32,35)/t25-,26-,27-,30+/m1/s1. The molecule has 0 aromatic heterocycles. The van der Waals surface area contributed by atoms with Gasteiger partial charge in [0.15, 0.2) is 0 Å². The third kappa shape index (κ3) is 5.73. The molecule has 2 amide bonds. The predicted molar refractivity (Wildman–Crippen MR) is 146 cm³/mol. The lowest BCUT2D eigenvalue weighted by Crippen LogP contribution is -2.56. The SMILES string of the molecule is COc1ccc([C@@H]2[C@H](C(=O)Nc3ccccc3OC)C(=O)C[C@](C)(O)[C@H]2C(=O)Nc2ccccc2OC)cc1. The number of Topliss-reactive ketones (excluding diaryl/α,β-unsaturated/α-hetero) is 1. The van der Waals surface area contributed by atoms with E-state index >= 15 is 0 Å². The molecule has 4 atom stereocenters. The maximum absolute atomic E-state index is 13.9. The normalized spacial score (nSPS) is 22.5. The van der Waals surface area contributed by atoms with E-state index in [0.29, 0.717) is 34.2 Å². The highest BCUT2D eigenvalue weighted by Gasteiger charge is 2.56. The highest BCUT2D eigenvalue weighted by Crippen LogP contribution is 2.47. The first-order valence-electron chi connectivity index (χ1n) is 12.5. The van der Waals surface area contributed by atoms with E-state index in [1.54, 1.807) is 72.8 Å². The van der Waals surface area contributed by atoms with E-state index in [1.807, 2.05) is 0 Å². The molecule has 0 heterocycles. The fourth-order valence-corrected chi connectivity index (χ4v) is 5.23. The number of aliphatic hydroxyl groups is 1. The minimum absolute atomic E-state index is 0.381. The molecule has 0 spiro atoms. The van der Waals surface area contributed by atoms with E-state index in [2.05, 4.69) is 10.6 Å². The topological polar surface area (TPSA) is 123 Å². The Bertz CT molecular complexity index is 1350. The summed E-state index contributed by atoms with van der Waals surface area (Å²) in [5, 5.41) is 17.1. The highest BCUT2D eigenvalue weighted by molar-refractivity contribution is 6.11. The average molecular weight is 533 g/mol. The maximum Gasteiger partial charge on any atom is 0.235 e. The summed E-state index contributed by atoms with van der Waals surface area (Å²) in [4.78, 5) is 41.1. The first kappa shape index (κ1) is 27.7. The van der Waals surface area contributed by atoms with Crippen LogP contribution in [-0.4, -0.2) is 49.6 Å². The van der Waals surface area contributed by atoms with E-state index in [0.717, 1.165) is 0 Å².